The highest BCUT2D eigenvalue weighted by molar-refractivity contribution is 7.91. The third-order valence-corrected chi connectivity index (χ3v) is 6.18. The first-order valence-corrected chi connectivity index (χ1v) is 8.64. The van der Waals surface area contributed by atoms with Crippen LogP contribution in [0, 0.1) is 0 Å². The molecule has 2 rings (SSSR count). The van der Waals surface area contributed by atoms with Crippen LogP contribution in [0.5, 0.6) is 0 Å². The van der Waals surface area contributed by atoms with Gasteiger partial charge in [-0.15, -0.1) is 0 Å². The van der Waals surface area contributed by atoms with Gasteiger partial charge in [0.2, 0.25) is 0 Å². The number of hydrogen-bond donors (Lipinski definition) is 1. The lowest BCUT2D eigenvalue weighted by Crippen LogP contribution is -2.58. The summed E-state index contributed by atoms with van der Waals surface area (Å²) in [7, 11) is -0.672. The smallest absolute Gasteiger partial charge is 0.150 e. The molecule has 2 saturated heterocycles. The predicted octanol–water partition coefficient (Wildman–Crippen LogP) is -0.470. The molecular formula is C12H25N3O2S. The molecule has 0 saturated carbocycles. The second-order valence-electron chi connectivity index (χ2n) is 5.72. The van der Waals surface area contributed by atoms with E-state index in [1.807, 2.05) is 0 Å². The molecule has 0 amide bonds. The van der Waals surface area contributed by atoms with Crippen molar-refractivity contribution in [3.05, 3.63) is 0 Å². The van der Waals surface area contributed by atoms with Crippen LogP contribution >= 0.6 is 0 Å². The molecule has 2 aliphatic heterocycles. The summed E-state index contributed by atoms with van der Waals surface area (Å²) in [6.45, 7) is 4.80. The quantitative estimate of drug-likeness (QED) is 0.738. The van der Waals surface area contributed by atoms with Gasteiger partial charge in [0, 0.05) is 31.7 Å². The average molecular weight is 275 g/mol. The van der Waals surface area contributed by atoms with Crippen LogP contribution in [0.2, 0.25) is 0 Å². The number of nitrogens with zero attached hydrogens (tertiary/aromatic N) is 2. The minimum Gasteiger partial charge on any atom is -0.329 e. The molecule has 0 unspecified atom stereocenters. The molecule has 0 aromatic carbocycles. The largest absolute Gasteiger partial charge is 0.329 e. The lowest BCUT2D eigenvalue weighted by molar-refractivity contribution is 0.0876. The van der Waals surface area contributed by atoms with Crippen LogP contribution in [-0.4, -0.2) is 75.0 Å². The Morgan fingerprint density at radius 2 is 1.78 bits per heavy atom. The minimum atomic E-state index is -2.82. The van der Waals surface area contributed by atoms with E-state index >= 15 is 0 Å². The summed E-state index contributed by atoms with van der Waals surface area (Å²) in [4.78, 5) is 4.79. The van der Waals surface area contributed by atoms with Crippen molar-refractivity contribution in [3.63, 3.8) is 0 Å². The Balaban J connectivity index is 2.08. The van der Waals surface area contributed by atoms with Gasteiger partial charge in [-0.2, -0.15) is 0 Å². The molecule has 0 aromatic heterocycles. The molecular weight excluding hydrogens is 250 g/mol. The normalized spacial score (nSPS) is 29.9. The Hall–Kier alpha value is -0.170. The summed E-state index contributed by atoms with van der Waals surface area (Å²) >= 11 is 0. The molecule has 2 heterocycles. The van der Waals surface area contributed by atoms with Crippen molar-refractivity contribution in [1.82, 2.24) is 9.80 Å². The van der Waals surface area contributed by atoms with E-state index in [1.165, 1.54) is 0 Å². The summed E-state index contributed by atoms with van der Waals surface area (Å²) in [6.07, 6.45) is 2.55. The summed E-state index contributed by atoms with van der Waals surface area (Å²) < 4.78 is 23.2. The number of likely N-dealkylation sites (N-methyl/N-ethyl adjacent to an activating group) is 1. The topological polar surface area (TPSA) is 66.6 Å². The van der Waals surface area contributed by atoms with E-state index in [2.05, 4.69) is 16.8 Å². The van der Waals surface area contributed by atoms with Crippen molar-refractivity contribution in [1.29, 1.82) is 0 Å². The fourth-order valence-corrected chi connectivity index (χ4v) is 4.67. The Bertz CT molecular complexity index is 369. The number of rotatable bonds is 2. The van der Waals surface area contributed by atoms with E-state index in [9.17, 15) is 8.42 Å². The Morgan fingerprint density at radius 3 is 2.39 bits per heavy atom. The van der Waals surface area contributed by atoms with Crippen LogP contribution in [-0.2, 0) is 9.84 Å². The molecule has 0 aliphatic carbocycles. The lowest BCUT2D eigenvalue weighted by Gasteiger charge is -2.45. The van der Waals surface area contributed by atoms with E-state index in [4.69, 9.17) is 5.73 Å². The van der Waals surface area contributed by atoms with Gasteiger partial charge in [-0.1, -0.05) is 0 Å². The van der Waals surface area contributed by atoms with Crippen molar-refractivity contribution >= 4 is 9.84 Å². The first-order valence-electron chi connectivity index (χ1n) is 6.82. The molecule has 18 heavy (non-hydrogen) atoms. The van der Waals surface area contributed by atoms with Crippen molar-refractivity contribution in [2.75, 3.05) is 51.3 Å². The Labute approximate surface area is 110 Å². The van der Waals surface area contributed by atoms with Crippen LogP contribution in [0.3, 0.4) is 0 Å². The standard InChI is InChI=1S/C12H25N3O2S/c1-14-5-2-6-15(8-7-14)12(11-13)3-9-18(16,17)10-4-12/h2-11,13H2,1H3. The second-order valence-corrected chi connectivity index (χ2v) is 8.03. The maximum absolute atomic E-state index is 11.6. The van der Waals surface area contributed by atoms with Crippen LogP contribution in [0.25, 0.3) is 0 Å². The van der Waals surface area contributed by atoms with Gasteiger partial charge < -0.3 is 10.6 Å². The summed E-state index contributed by atoms with van der Waals surface area (Å²) in [6, 6.07) is 0. The Morgan fingerprint density at radius 1 is 1.11 bits per heavy atom. The average Bonchev–Trinajstić information content (AvgIpc) is 2.56. The summed E-state index contributed by atoms with van der Waals surface area (Å²) in [5.74, 6) is 0.604. The summed E-state index contributed by atoms with van der Waals surface area (Å²) in [5.41, 5.74) is 5.92. The van der Waals surface area contributed by atoms with E-state index in [0.29, 0.717) is 30.9 Å². The van der Waals surface area contributed by atoms with Crippen molar-refractivity contribution < 1.29 is 8.42 Å². The third-order valence-electron chi connectivity index (χ3n) is 4.53. The van der Waals surface area contributed by atoms with Crippen molar-refractivity contribution in [3.8, 4) is 0 Å². The van der Waals surface area contributed by atoms with Crippen LogP contribution in [0.4, 0.5) is 0 Å². The highest BCUT2D eigenvalue weighted by Crippen LogP contribution is 2.30. The zero-order valence-electron chi connectivity index (χ0n) is 11.3. The van der Waals surface area contributed by atoms with E-state index < -0.39 is 9.84 Å². The molecule has 0 atom stereocenters. The number of nitrogens with two attached hydrogens (primary N) is 1. The minimum absolute atomic E-state index is 0.0729. The number of hydrogen-bond acceptors (Lipinski definition) is 5. The van der Waals surface area contributed by atoms with Gasteiger partial charge in [-0.3, -0.25) is 4.90 Å². The van der Waals surface area contributed by atoms with Gasteiger partial charge in [0.1, 0.15) is 9.84 Å². The molecule has 5 nitrogen and oxygen atoms in total. The van der Waals surface area contributed by atoms with Gasteiger partial charge in [0.25, 0.3) is 0 Å². The van der Waals surface area contributed by atoms with E-state index in [1.54, 1.807) is 0 Å². The van der Waals surface area contributed by atoms with Crippen molar-refractivity contribution in [2.45, 2.75) is 24.8 Å². The van der Waals surface area contributed by atoms with Gasteiger partial charge in [-0.05, 0) is 32.9 Å². The SMILES string of the molecule is CN1CCCN(C2(CN)CCS(=O)(=O)CC2)CC1. The van der Waals surface area contributed by atoms with Gasteiger partial charge in [0.15, 0.2) is 0 Å². The highest BCUT2D eigenvalue weighted by atomic mass is 32.2. The first kappa shape index (κ1) is 14.2. The fraction of sp³-hybridized carbons (Fsp3) is 1.00. The van der Waals surface area contributed by atoms with Crippen molar-refractivity contribution in [2.24, 2.45) is 5.73 Å². The number of sulfone groups is 1. The predicted molar refractivity (Wildman–Crippen MR) is 73.4 cm³/mol. The van der Waals surface area contributed by atoms with Crippen LogP contribution in [0.1, 0.15) is 19.3 Å². The molecule has 2 fully saturated rings. The molecule has 6 heteroatoms. The zero-order chi connectivity index (χ0) is 13.2. The molecule has 0 bridgehead atoms. The molecule has 2 aliphatic rings. The second kappa shape index (κ2) is 5.45. The maximum Gasteiger partial charge on any atom is 0.150 e. The summed E-state index contributed by atoms with van der Waals surface area (Å²) in [5, 5.41) is 0. The van der Waals surface area contributed by atoms with Gasteiger partial charge in [-0.25, -0.2) is 8.42 Å². The van der Waals surface area contributed by atoms with E-state index in [0.717, 1.165) is 32.6 Å². The van der Waals surface area contributed by atoms with Gasteiger partial charge in [0.05, 0.1) is 11.5 Å². The molecule has 106 valence electrons. The first-order chi connectivity index (χ1) is 8.47. The fourth-order valence-electron chi connectivity index (χ4n) is 3.09. The van der Waals surface area contributed by atoms with E-state index in [-0.39, 0.29) is 5.54 Å². The maximum atomic E-state index is 11.6. The highest BCUT2D eigenvalue weighted by Gasteiger charge is 2.41. The monoisotopic (exact) mass is 275 g/mol. The molecule has 0 aromatic rings. The Kier molecular flexibility index (Phi) is 4.31. The molecule has 0 radical (unpaired) electrons. The lowest BCUT2D eigenvalue weighted by atomic mass is 9.89. The van der Waals surface area contributed by atoms with Crippen LogP contribution < -0.4 is 5.73 Å². The third kappa shape index (κ3) is 3.04. The zero-order valence-corrected chi connectivity index (χ0v) is 12.1. The van der Waals surface area contributed by atoms with Gasteiger partial charge >= 0.3 is 0 Å². The molecule has 2 N–H and O–H groups in total. The van der Waals surface area contributed by atoms with Crippen LogP contribution in [0.15, 0.2) is 0 Å². The molecule has 0 spiro atoms.